The molecular weight excluding hydrogens is 340 g/mol. The van der Waals surface area contributed by atoms with Crippen LogP contribution in [0.1, 0.15) is 18.9 Å². The lowest BCUT2D eigenvalue weighted by Gasteiger charge is -2.20. The first kappa shape index (κ1) is 17.8. The first-order chi connectivity index (χ1) is 10.8. The molecule has 0 amide bonds. The number of methoxy groups -OCH3 is 1. The Morgan fingerprint density at radius 2 is 2.17 bits per heavy atom. The molecule has 23 heavy (non-hydrogen) atoms. The molecule has 1 aromatic rings. The zero-order valence-electron chi connectivity index (χ0n) is 13.1. The van der Waals surface area contributed by atoms with Crippen molar-refractivity contribution in [1.29, 1.82) is 0 Å². The molecule has 1 heterocycles. The van der Waals surface area contributed by atoms with Gasteiger partial charge in [0.2, 0.25) is 10.0 Å². The number of allylic oxidation sites excluding steroid dienone is 1. The number of fused-ring (bicyclic) bond motifs is 1. The minimum absolute atomic E-state index is 0.00377. The van der Waals surface area contributed by atoms with Crippen LogP contribution < -0.4 is 9.62 Å². The van der Waals surface area contributed by atoms with E-state index in [4.69, 9.17) is 11.6 Å². The number of rotatable bonds is 6. The lowest BCUT2D eigenvalue weighted by molar-refractivity contribution is -0.140. The molecule has 0 aromatic heterocycles. The normalized spacial score (nSPS) is 13.8. The van der Waals surface area contributed by atoms with Gasteiger partial charge in [-0.1, -0.05) is 18.2 Å². The van der Waals surface area contributed by atoms with Gasteiger partial charge in [-0.15, -0.1) is 0 Å². The number of halogens is 1. The Balaban J connectivity index is 2.27. The van der Waals surface area contributed by atoms with E-state index in [2.05, 4.69) is 16.0 Å². The van der Waals surface area contributed by atoms with Crippen molar-refractivity contribution < 1.29 is 17.9 Å². The Morgan fingerprint density at radius 3 is 2.78 bits per heavy atom. The number of esters is 1. The summed E-state index contributed by atoms with van der Waals surface area (Å²) < 4.78 is 31.7. The van der Waals surface area contributed by atoms with E-state index in [1.54, 1.807) is 12.1 Å². The molecule has 0 radical (unpaired) electrons. The predicted molar refractivity (Wildman–Crippen MR) is 89.1 cm³/mol. The quantitative estimate of drug-likeness (QED) is 0.788. The van der Waals surface area contributed by atoms with Crippen LogP contribution in [-0.4, -0.2) is 34.6 Å². The number of sulfonamides is 1. The third-order valence-corrected chi connectivity index (χ3v) is 5.55. The summed E-state index contributed by atoms with van der Waals surface area (Å²) >= 11 is 6.14. The summed E-state index contributed by atoms with van der Waals surface area (Å²) in [5.41, 5.74) is 2.63. The van der Waals surface area contributed by atoms with E-state index in [1.807, 2.05) is 11.8 Å². The fourth-order valence-electron chi connectivity index (χ4n) is 2.46. The molecule has 0 fully saturated rings. The highest BCUT2D eigenvalue weighted by molar-refractivity contribution is 7.89. The van der Waals surface area contributed by atoms with Gasteiger partial charge >= 0.3 is 5.97 Å². The van der Waals surface area contributed by atoms with Crippen LogP contribution in [0, 0.1) is 0 Å². The van der Waals surface area contributed by atoms with Crippen LogP contribution in [0.3, 0.4) is 0 Å². The summed E-state index contributed by atoms with van der Waals surface area (Å²) in [7, 11) is -2.56. The molecule has 0 unspecified atom stereocenters. The number of carbonyl (C=O) groups excluding carboxylic acids is 1. The first-order valence-electron chi connectivity index (χ1n) is 7.08. The Hall–Kier alpha value is -1.57. The van der Waals surface area contributed by atoms with Crippen molar-refractivity contribution in [3.05, 3.63) is 35.0 Å². The predicted octanol–water partition coefficient (Wildman–Crippen LogP) is 2.08. The zero-order valence-corrected chi connectivity index (χ0v) is 14.6. The number of hydrogen-bond donors (Lipinski definition) is 1. The van der Waals surface area contributed by atoms with Crippen molar-refractivity contribution in [3.63, 3.8) is 0 Å². The summed E-state index contributed by atoms with van der Waals surface area (Å²) in [5.74, 6) is -0.485. The van der Waals surface area contributed by atoms with Crippen LogP contribution in [0.15, 0.2) is 29.3 Å². The van der Waals surface area contributed by atoms with Crippen LogP contribution in [0.5, 0.6) is 0 Å². The molecule has 2 rings (SSSR count). The summed E-state index contributed by atoms with van der Waals surface area (Å²) in [6, 6.07) is 3.23. The second kappa shape index (κ2) is 6.90. The highest BCUT2D eigenvalue weighted by Gasteiger charge is 2.26. The largest absolute Gasteiger partial charge is 0.469 e. The molecule has 0 saturated heterocycles. The number of anilines is 1. The maximum absolute atomic E-state index is 12.4. The number of nitrogens with zero attached hydrogens (tertiary/aromatic N) is 1. The standard InChI is InChI=1S/C15H19ClN2O4S/c1-10(2)18-7-5-11-8-12(16)14(9-13(11)18)23(20,21)17-6-4-15(19)22-3/h8-9,17H,1,4-7H2,2-3H3. The zero-order chi connectivity index (χ0) is 17.2. The molecular formula is C15H19ClN2O4S. The second-order valence-electron chi connectivity index (χ2n) is 5.27. The van der Waals surface area contributed by atoms with Crippen LogP contribution >= 0.6 is 11.6 Å². The van der Waals surface area contributed by atoms with Gasteiger partial charge in [0, 0.05) is 24.5 Å². The topological polar surface area (TPSA) is 75.7 Å². The fraction of sp³-hybridized carbons (Fsp3) is 0.400. The van der Waals surface area contributed by atoms with E-state index >= 15 is 0 Å². The molecule has 8 heteroatoms. The third kappa shape index (κ3) is 3.85. The molecule has 126 valence electrons. The van der Waals surface area contributed by atoms with Gasteiger partial charge in [-0.05, 0) is 31.0 Å². The van der Waals surface area contributed by atoms with Crippen LogP contribution in [0.4, 0.5) is 5.69 Å². The Kier molecular flexibility index (Phi) is 5.33. The van der Waals surface area contributed by atoms with E-state index in [0.29, 0.717) is 0 Å². The molecule has 1 aromatic carbocycles. The summed E-state index contributed by atoms with van der Waals surface area (Å²) in [4.78, 5) is 13.0. The van der Waals surface area contributed by atoms with Gasteiger partial charge in [-0.3, -0.25) is 4.79 Å². The van der Waals surface area contributed by atoms with E-state index in [9.17, 15) is 13.2 Å². The highest BCUT2D eigenvalue weighted by Crippen LogP contribution is 2.36. The lowest BCUT2D eigenvalue weighted by Crippen LogP contribution is -2.27. The molecule has 1 N–H and O–H groups in total. The molecule has 0 aliphatic carbocycles. The monoisotopic (exact) mass is 358 g/mol. The van der Waals surface area contributed by atoms with Gasteiger partial charge < -0.3 is 9.64 Å². The van der Waals surface area contributed by atoms with Gasteiger partial charge in [0.25, 0.3) is 0 Å². The molecule has 0 spiro atoms. The second-order valence-corrected chi connectivity index (χ2v) is 7.41. The summed E-state index contributed by atoms with van der Waals surface area (Å²) in [6.45, 7) is 6.47. The van der Waals surface area contributed by atoms with Crippen molar-refractivity contribution in [2.24, 2.45) is 0 Å². The molecule has 0 saturated carbocycles. The molecule has 1 aliphatic heterocycles. The van der Waals surface area contributed by atoms with Crippen LogP contribution in [-0.2, 0) is 26.0 Å². The third-order valence-electron chi connectivity index (χ3n) is 3.63. The molecule has 0 bridgehead atoms. The minimum Gasteiger partial charge on any atom is -0.469 e. The van der Waals surface area contributed by atoms with E-state index in [1.165, 1.54) is 7.11 Å². The van der Waals surface area contributed by atoms with Crippen molar-refractivity contribution in [3.8, 4) is 0 Å². The maximum Gasteiger partial charge on any atom is 0.306 e. The smallest absolute Gasteiger partial charge is 0.306 e. The molecule has 6 nitrogen and oxygen atoms in total. The van der Waals surface area contributed by atoms with Crippen LogP contribution in [0.2, 0.25) is 5.02 Å². The Morgan fingerprint density at radius 1 is 1.48 bits per heavy atom. The number of benzene rings is 1. The van der Waals surface area contributed by atoms with Gasteiger partial charge in [0.05, 0.1) is 18.6 Å². The SMILES string of the molecule is C=C(C)N1CCc2cc(Cl)c(S(=O)(=O)NCCC(=O)OC)cc21. The highest BCUT2D eigenvalue weighted by atomic mass is 35.5. The molecule has 0 atom stereocenters. The molecule has 1 aliphatic rings. The number of nitrogens with one attached hydrogen (secondary N) is 1. The van der Waals surface area contributed by atoms with Crippen molar-refractivity contribution in [2.75, 3.05) is 25.1 Å². The van der Waals surface area contributed by atoms with Crippen molar-refractivity contribution >= 4 is 33.3 Å². The number of carbonyl (C=O) groups is 1. The minimum atomic E-state index is -3.81. The van der Waals surface area contributed by atoms with Crippen LogP contribution in [0.25, 0.3) is 0 Å². The van der Waals surface area contributed by atoms with Gasteiger partial charge in [0.1, 0.15) is 4.90 Å². The Bertz CT molecular complexity index is 746. The summed E-state index contributed by atoms with van der Waals surface area (Å²) in [5, 5.41) is 0.165. The van der Waals surface area contributed by atoms with E-state index in [0.717, 1.165) is 29.9 Å². The number of hydrogen-bond acceptors (Lipinski definition) is 5. The summed E-state index contributed by atoms with van der Waals surface area (Å²) in [6.07, 6.45) is 0.744. The lowest BCUT2D eigenvalue weighted by atomic mass is 10.2. The van der Waals surface area contributed by atoms with Gasteiger partial charge in [-0.25, -0.2) is 13.1 Å². The number of ether oxygens (including phenoxy) is 1. The average molecular weight is 359 g/mol. The Labute approximate surface area is 141 Å². The van der Waals surface area contributed by atoms with Crippen molar-refractivity contribution in [2.45, 2.75) is 24.7 Å². The van der Waals surface area contributed by atoms with Gasteiger partial charge in [0.15, 0.2) is 0 Å². The average Bonchev–Trinajstić information content (AvgIpc) is 2.88. The maximum atomic E-state index is 12.4. The first-order valence-corrected chi connectivity index (χ1v) is 8.94. The van der Waals surface area contributed by atoms with E-state index < -0.39 is 16.0 Å². The van der Waals surface area contributed by atoms with E-state index in [-0.39, 0.29) is 22.9 Å². The van der Waals surface area contributed by atoms with Gasteiger partial charge in [-0.2, -0.15) is 0 Å². The fourth-order valence-corrected chi connectivity index (χ4v) is 4.06. The van der Waals surface area contributed by atoms with Crippen molar-refractivity contribution in [1.82, 2.24) is 4.72 Å².